The average Bonchev–Trinajstić information content (AvgIpc) is 2.74. The highest BCUT2D eigenvalue weighted by molar-refractivity contribution is 5.94. The zero-order valence-corrected chi connectivity index (χ0v) is 15.3. The molecule has 3 aromatic rings. The van der Waals surface area contributed by atoms with Crippen molar-refractivity contribution in [2.75, 3.05) is 11.4 Å². The molecule has 0 bridgehead atoms. The van der Waals surface area contributed by atoms with Crippen molar-refractivity contribution in [1.82, 2.24) is 15.3 Å². The van der Waals surface area contributed by atoms with E-state index in [-0.39, 0.29) is 11.9 Å². The van der Waals surface area contributed by atoms with Gasteiger partial charge < -0.3 is 10.2 Å². The third kappa shape index (κ3) is 3.67. The number of benzene rings is 2. The second-order valence-corrected chi connectivity index (χ2v) is 6.76. The van der Waals surface area contributed by atoms with Gasteiger partial charge in [-0.1, -0.05) is 48.5 Å². The number of carbonyl (C=O) groups is 1. The molecule has 2 aromatic carbocycles. The molecule has 1 unspecified atom stereocenters. The van der Waals surface area contributed by atoms with Crippen LogP contribution in [0.3, 0.4) is 0 Å². The number of nitrogens with one attached hydrogen (secondary N) is 1. The van der Waals surface area contributed by atoms with Gasteiger partial charge in [-0.2, -0.15) is 0 Å². The van der Waals surface area contributed by atoms with Crippen molar-refractivity contribution in [3.63, 3.8) is 0 Å². The van der Waals surface area contributed by atoms with Crippen LogP contribution >= 0.6 is 0 Å². The van der Waals surface area contributed by atoms with E-state index in [2.05, 4.69) is 38.4 Å². The fourth-order valence-electron chi connectivity index (χ4n) is 3.42. The van der Waals surface area contributed by atoms with Crippen molar-refractivity contribution in [1.29, 1.82) is 0 Å². The van der Waals surface area contributed by atoms with Crippen molar-refractivity contribution in [3.05, 3.63) is 83.7 Å². The van der Waals surface area contributed by atoms with Gasteiger partial charge in [-0.05, 0) is 37.0 Å². The molecule has 0 saturated carbocycles. The van der Waals surface area contributed by atoms with Crippen LogP contribution in [0.1, 0.15) is 40.9 Å². The molecule has 1 aromatic heterocycles. The molecular weight excluding hydrogens is 336 g/mol. The standard InChI is InChI=1S/C22H22N4O/c1-16(17-8-3-2-4-9-17)25-21(27)19-14-23-22(24-15-19)26-13-7-11-18-10-5-6-12-20(18)26/h2-6,8-10,12,14-16H,7,11,13H2,1H3,(H,25,27). The highest BCUT2D eigenvalue weighted by Crippen LogP contribution is 2.31. The molecule has 5 nitrogen and oxygen atoms in total. The van der Waals surface area contributed by atoms with Crippen LogP contribution < -0.4 is 10.2 Å². The number of aromatic nitrogens is 2. The normalized spacial score (nSPS) is 14.3. The highest BCUT2D eigenvalue weighted by Gasteiger charge is 2.20. The molecule has 27 heavy (non-hydrogen) atoms. The summed E-state index contributed by atoms with van der Waals surface area (Å²) in [5, 5.41) is 2.99. The molecule has 1 aliphatic heterocycles. The van der Waals surface area contributed by atoms with Crippen molar-refractivity contribution >= 4 is 17.5 Å². The Morgan fingerprint density at radius 1 is 1.04 bits per heavy atom. The molecule has 0 aliphatic carbocycles. The van der Waals surface area contributed by atoms with Gasteiger partial charge in [0, 0.05) is 24.6 Å². The van der Waals surface area contributed by atoms with Gasteiger partial charge in [0.15, 0.2) is 0 Å². The SMILES string of the molecule is CC(NC(=O)c1cnc(N2CCCc3ccccc32)nc1)c1ccccc1. The average molecular weight is 358 g/mol. The Bertz CT molecular complexity index is 925. The maximum absolute atomic E-state index is 12.5. The maximum Gasteiger partial charge on any atom is 0.254 e. The Kier molecular flexibility index (Phi) is 4.83. The number of aryl methyl sites for hydroxylation is 1. The Labute approximate surface area is 159 Å². The molecule has 2 heterocycles. The number of fused-ring (bicyclic) bond motifs is 1. The van der Waals surface area contributed by atoms with Gasteiger partial charge in [0.05, 0.1) is 11.6 Å². The second kappa shape index (κ2) is 7.58. The molecule has 1 amide bonds. The molecule has 5 heteroatoms. The lowest BCUT2D eigenvalue weighted by molar-refractivity contribution is 0.0939. The van der Waals surface area contributed by atoms with Gasteiger partial charge in [-0.15, -0.1) is 0 Å². The quantitative estimate of drug-likeness (QED) is 0.764. The van der Waals surface area contributed by atoms with E-state index in [1.165, 1.54) is 5.56 Å². The van der Waals surface area contributed by atoms with E-state index in [9.17, 15) is 4.79 Å². The predicted octanol–water partition coefficient (Wildman–Crippen LogP) is 4.05. The lowest BCUT2D eigenvalue weighted by Crippen LogP contribution is -2.28. The summed E-state index contributed by atoms with van der Waals surface area (Å²) in [7, 11) is 0. The number of hydrogen-bond acceptors (Lipinski definition) is 4. The highest BCUT2D eigenvalue weighted by atomic mass is 16.1. The van der Waals surface area contributed by atoms with Gasteiger partial charge in [0.25, 0.3) is 5.91 Å². The van der Waals surface area contributed by atoms with Crippen LogP contribution in [-0.2, 0) is 6.42 Å². The third-order valence-corrected chi connectivity index (χ3v) is 4.90. The van der Waals surface area contributed by atoms with Crippen LogP contribution in [0.25, 0.3) is 0 Å². The molecule has 1 atom stereocenters. The van der Waals surface area contributed by atoms with Crippen LogP contribution in [-0.4, -0.2) is 22.4 Å². The van der Waals surface area contributed by atoms with Gasteiger partial charge >= 0.3 is 0 Å². The van der Waals surface area contributed by atoms with Crippen LogP contribution in [0, 0.1) is 0 Å². The lowest BCUT2D eigenvalue weighted by Gasteiger charge is -2.29. The Morgan fingerprint density at radius 2 is 1.74 bits per heavy atom. The minimum absolute atomic E-state index is 0.0765. The molecular formula is C22H22N4O. The third-order valence-electron chi connectivity index (χ3n) is 4.90. The monoisotopic (exact) mass is 358 g/mol. The van der Waals surface area contributed by atoms with Crippen LogP contribution in [0.15, 0.2) is 67.0 Å². The van der Waals surface area contributed by atoms with Gasteiger partial charge in [-0.3, -0.25) is 4.79 Å². The first kappa shape index (κ1) is 17.2. The summed E-state index contributed by atoms with van der Waals surface area (Å²) < 4.78 is 0. The van der Waals surface area contributed by atoms with Crippen LogP contribution in [0.2, 0.25) is 0 Å². The fourth-order valence-corrected chi connectivity index (χ4v) is 3.42. The largest absolute Gasteiger partial charge is 0.345 e. The number of carbonyl (C=O) groups excluding carboxylic acids is 1. The summed E-state index contributed by atoms with van der Waals surface area (Å²) in [6, 6.07) is 18.1. The predicted molar refractivity (Wildman–Crippen MR) is 106 cm³/mol. The first-order valence-electron chi connectivity index (χ1n) is 9.25. The van der Waals surface area contributed by atoms with Crippen LogP contribution in [0.4, 0.5) is 11.6 Å². The van der Waals surface area contributed by atoms with E-state index in [0.29, 0.717) is 11.5 Å². The van der Waals surface area contributed by atoms with E-state index in [0.717, 1.165) is 30.6 Å². The minimum atomic E-state index is -0.169. The molecule has 0 spiro atoms. The van der Waals surface area contributed by atoms with E-state index in [4.69, 9.17) is 0 Å². The van der Waals surface area contributed by atoms with Crippen molar-refractivity contribution in [2.45, 2.75) is 25.8 Å². The Morgan fingerprint density at radius 3 is 2.52 bits per heavy atom. The van der Waals surface area contributed by atoms with E-state index in [1.54, 1.807) is 12.4 Å². The van der Waals surface area contributed by atoms with Crippen LogP contribution in [0.5, 0.6) is 0 Å². The van der Waals surface area contributed by atoms with Gasteiger partial charge in [0.1, 0.15) is 0 Å². The Hall–Kier alpha value is -3.21. The summed E-state index contributed by atoms with van der Waals surface area (Å²) in [5.41, 5.74) is 3.99. The molecule has 4 rings (SSSR count). The van der Waals surface area contributed by atoms with E-state index in [1.807, 2.05) is 43.3 Å². The van der Waals surface area contributed by atoms with Gasteiger partial charge in [-0.25, -0.2) is 9.97 Å². The number of amides is 1. The number of para-hydroxylation sites is 1. The zero-order valence-electron chi connectivity index (χ0n) is 15.3. The number of rotatable bonds is 4. The van der Waals surface area contributed by atoms with Crippen molar-refractivity contribution < 1.29 is 4.79 Å². The van der Waals surface area contributed by atoms with E-state index < -0.39 is 0 Å². The zero-order chi connectivity index (χ0) is 18.6. The topological polar surface area (TPSA) is 58.1 Å². The Balaban J connectivity index is 1.49. The molecule has 0 saturated heterocycles. The van der Waals surface area contributed by atoms with E-state index >= 15 is 0 Å². The first-order valence-corrected chi connectivity index (χ1v) is 9.25. The number of hydrogen-bond donors (Lipinski definition) is 1. The van der Waals surface area contributed by atoms with Gasteiger partial charge in [0.2, 0.25) is 5.95 Å². The van der Waals surface area contributed by atoms with Crippen molar-refractivity contribution in [3.8, 4) is 0 Å². The fraction of sp³-hybridized carbons (Fsp3) is 0.227. The summed E-state index contributed by atoms with van der Waals surface area (Å²) in [4.78, 5) is 23.5. The smallest absolute Gasteiger partial charge is 0.254 e. The summed E-state index contributed by atoms with van der Waals surface area (Å²) >= 11 is 0. The molecule has 1 aliphatic rings. The summed E-state index contributed by atoms with van der Waals surface area (Å²) in [6.07, 6.45) is 5.35. The summed E-state index contributed by atoms with van der Waals surface area (Å²) in [5.74, 6) is 0.465. The first-order chi connectivity index (χ1) is 13.2. The van der Waals surface area contributed by atoms with Crippen molar-refractivity contribution in [2.24, 2.45) is 0 Å². The molecule has 136 valence electrons. The molecule has 0 radical (unpaired) electrons. The number of nitrogens with zero attached hydrogens (tertiary/aromatic N) is 3. The summed E-state index contributed by atoms with van der Waals surface area (Å²) in [6.45, 7) is 2.85. The lowest BCUT2D eigenvalue weighted by atomic mass is 10.0. The molecule has 0 fully saturated rings. The maximum atomic E-state index is 12.5. The minimum Gasteiger partial charge on any atom is -0.345 e. The number of anilines is 2. The second-order valence-electron chi connectivity index (χ2n) is 6.76. The molecule has 1 N–H and O–H groups in total.